The van der Waals surface area contributed by atoms with E-state index in [1.807, 2.05) is 0 Å². The largest absolute Gasteiger partial charge is 0.493 e. The van der Waals surface area contributed by atoms with Crippen molar-refractivity contribution in [2.45, 2.75) is 58.5 Å². The zero-order chi connectivity index (χ0) is 13.0. The number of unbranched alkanes of at least 4 members (excludes halogenated alkanes) is 1. The van der Waals surface area contributed by atoms with Gasteiger partial charge in [0.05, 0.1) is 6.61 Å². The molecule has 100 valence electrons. The number of hydrogen-bond acceptors (Lipinski definition) is 2. The van der Waals surface area contributed by atoms with E-state index < -0.39 is 0 Å². The van der Waals surface area contributed by atoms with Crippen molar-refractivity contribution >= 4 is 0 Å². The number of ether oxygens (including phenoxy) is 1. The summed E-state index contributed by atoms with van der Waals surface area (Å²) in [6.45, 7) is 7.53. The maximum atomic E-state index is 5.58. The van der Waals surface area contributed by atoms with Crippen molar-refractivity contribution in [3.05, 3.63) is 29.3 Å². The van der Waals surface area contributed by atoms with Crippen LogP contribution in [0.5, 0.6) is 5.75 Å². The predicted octanol–water partition coefficient (Wildman–Crippen LogP) is 3.85. The van der Waals surface area contributed by atoms with Crippen LogP contribution < -0.4 is 10.1 Å². The summed E-state index contributed by atoms with van der Waals surface area (Å²) in [6, 6.07) is 7.70. The van der Waals surface area contributed by atoms with Gasteiger partial charge in [0.25, 0.3) is 0 Å². The summed E-state index contributed by atoms with van der Waals surface area (Å²) in [6.07, 6.45) is 4.81. The Bertz CT molecular complexity index is 387. The lowest BCUT2D eigenvalue weighted by Crippen LogP contribution is -2.28. The van der Waals surface area contributed by atoms with Crippen LogP contribution in [-0.4, -0.2) is 12.6 Å². The van der Waals surface area contributed by atoms with Crippen LogP contribution in [0.2, 0.25) is 0 Å². The summed E-state index contributed by atoms with van der Waals surface area (Å²) in [7, 11) is 0. The van der Waals surface area contributed by atoms with Gasteiger partial charge < -0.3 is 10.1 Å². The molecule has 1 aromatic carbocycles. The molecule has 1 atom stereocenters. The van der Waals surface area contributed by atoms with Gasteiger partial charge in [-0.1, -0.05) is 45.7 Å². The van der Waals surface area contributed by atoms with Crippen molar-refractivity contribution in [1.82, 2.24) is 5.32 Å². The SMILES string of the molecule is CCCCC(NC(C)C)c1ccc2c(c1)CCO2. The highest BCUT2D eigenvalue weighted by atomic mass is 16.5. The third-order valence-corrected chi connectivity index (χ3v) is 3.50. The standard InChI is InChI=1S/C16H25NO/c1-4-5-6-15(17-12(2)3)13-7-8-16-14(11-13)9-10-18-16/h7-8,11-12,15,17H,4-6,9-10H2,1-3H3. The lowest BCUT2D eigenvalue weighted by molar-refractivity contribution is 0.356. The number of rotatable bonds is 6. The quantitative estimate of drug-likeness (QED) is 0.824. The van der Waals surface area contributed by atoms with Gasteiger partial charge in [-0.2, -0.15) is 0 Å². The molecule has 2 rings (SSSR count). The lowest BCUT2D eigenvalue weighted by Gasteiger charge is -2.22. The van der Waals surface area contributed by atoms with Crippen molar-refractivity contribution in [2.75, 3.05) is 6.61 Å². The van der Waals surface area contributed by atoms with Gasteiger partial charge in [0, 0.05) is 18.5 Å². The zero-order valence-electron chi connectivity index (χ0n) is 11.8. The van der Waals surface area contributed by atoms with E-state index in [-0.39, 0.29) is 0 Å². The molecule has 1 aromatic rings. The molecule has 2 nitrogen and oxygen atoms in total. The normalized spacial score (nSPS) is 15.6. The molecule has 1 aliphatic heterocycles. The monoisotopic (exact) mass is 247 g/mol. The van der Waals surface area contributed by atoms with Crippen molar-refractivity contribution in [2.24, 2.45) is 0 Å². The fourth-order valence-electron chi connectivity index (χ4n) is 2.58. The molecular formula is C16H25NO. The first-order chi connectivity index (χ1) is 8.70. The van der Waals surface area contributed by atoms with Crippen LogP contribution in [0.25, 0.3) is 0 Å². The van der Waals surface area contributed by atoms with Gasteiger partial charge in [-0.25, -0.2) is 0 Å². The molecule has 0 saturated carbocycles. The molecular weight excluding hydrogens is 222 g/mol. The molecule has 0 spiro atoms. The van der Waals surface area contributed by atoms with Gasteiger partial charge in [0.15, 0.2) is 0 Å². The van der Waals surface area contributed by atoms with Gasteiger partial charge >= 0.3 is 0 Å². The first kappa shape index (κ1) is 13.4. The van der Waals surface area contributed by atoms with Gasteiger partial charge in [-0.15, -0.1) is 0 Å². The summed E-state index contributed by atoms with van der Waals surface area (Å²) in [5.74, 6) is 1.08. The fourth-order valence-corrected chi connectivity index (χ4v) is 2.58. The van der Waals surface area contributed by atoms with Crippen LogP contribution in [-0.2, 0) is 6.42 Å². The lowest BCUT2D eigenvalue weighted by atomic mass is 9.98. The highest BCUT2D eigenvalue weighted by molar-refractivity contribution is 5.40. The first-order valence-corrected chi connectivity index (χ1v) is 7.22. The smallest absolute Gasteiger partial charge is 0.122 e. The van der Waals surface area contributed by atoms with E-state index in [0.29, 0.717) is 12.1 Å². The van der Waals surface area contributed by atoms with Crippen LogP contribution in [0.3, 0.4) is 0 Å². The van der Waals surface area contributed by atoms with Gasteiger partial charge in [0.1, 0.15) is 5.75 Å². The molecule has 1 heterocycles. The maximum absolute atomic E-state index is 5.58. The van der Waals surface area contributed by atoms with E-state index in [0.717, 1.165) is 18.8 Å². The number of nitrogens with one attached hydrogen (secondary N) is 1. The molecule has 2 heteroatoms. The van der Waals surface area contributed by atoms with E-state index >= 15 is 0 Å². The zero-order valence-corrected chi connectivity index (χ0v) is 11.8. The summed E-state index contributed by atoms with van der Waals surface area (Å²) in [5, 5.41) is 3.68. The third-order valence-electron chi connectivity index (χ3n) is 3.50. The Morgan fingerprint density at radius 2 is 2.17 bits per heavy atom. The molecule has 0 amide bonds. The number of hydrogen-bond donors (Lipinski definition) is 1. The second-order valence-electron chi connectivity index (χ2n) is 5.48. The maximum Gasteiger partial charge on any atom is 0.122 e. The molecule has 1 aliphatic rings. The van der Waals surface area contributed by atoms with E-state index in [2.05, 4.69) is 44.3 Å². The number of benzene rings is 1. The van der Waals surface area contributed by atoms with E-state index in [4.69, 9.17) is 4.74 Å². The van der Waals surface area contributed by atoms with Gasteiger partial charge in [0.2, 0.25) is 0 Å². The summed E-state index contributed by atoms with van der Waals surface area (Å²) >= 11 is 0. The summed E-state index contributed by atoms with van der Waals surface area (Å²) < 4.78 is 5.58. The second-order valence-corrected chi connectivity index (χ2v) is 5.48. The minimum atomic E-state index is 0.482. The van der Waals surface area contributed by atoms with E-state index in [9.17, 15) is 0 Å². The molecule has 18 heavy (non-hydrogen) atoms. The molecule has 0 aliphatic carbocycles. The van der Waals surface area contributed by atoms with Gasteiger partial charge in [-0.3, -0.25) is 0 Å². The Morgan fingerprint density at radius 3 is 2.89 bits per heavy atom. The van der Waals surface area contributed by atoms with E-state index in [1.54, 1.807) is 0 Å². The highest BCUT2D eigenvalue weighted by Crippen LogP contribution is 2.29. The van der Waals surface area contributed by atoms with Crippen molar-refractivity contribution < 1.29 is 4.74 Å². The van der Waals surface area contributed by atoms with Crippen LogP contribution in [0.4, 0.5) is 0 Å². The Hall–Kier alpha value is -1.02. The third kappa shape index (κ3) is 3.26. The van der Waals surface area contributed by atoms with Crippen molar-refractivity contribution in [1.29, 1.82) is 0 Å². The Balaban J connectivity index is 2.13. The Kier molecular flexibility index (Phi) is 4.65. The van der Waals surface area contributed by atoms with Crippen molar-refractivity contribution in [3.8, 4) is 5.75 Å². The Labute approximate surface area is 111 Å². The molecule has 0 fully saturated rings. The van der Waals surface area contributed by atoms with Crippen molar-refractivity contribution in [3.63, 3.8) is 0 Å². The average Bonchev–Trinajstić information content (AvgIpc) is 2.81. The van der Waals surface area contributed by atoms with E-state index in [1.165, 1.54) is 30.4 Å². The summed E-state index contributed by atoms with van der Waals surface area (Å²) in [4.78, 5) is 0. The highest BCUT2D eigenvalue weighted by Gasteiger charge is 2.17. The minimum absolute atomic E-state index is 0.482. The minimum Gasteiger partial charge on any atom is -0.493 e. The molecule has 0 aromatic heterocycles. The topological polar surface area (TPSA) is 21.3 Å². The average molecular weight is 247 g/mol. The van der Waals surface area contributed by atoms with Crippen LogP contribution in [0.15, 0.2) is 18.2 Å². The second kappa shape index (κ2) is 6.24. The fraction of sp³-hybridized carbons (Fsp3) is 0.625. The molecule has 1 unspecified atom stereocenters. The molecule has 0 radical (unpaired) electrons. The summed E-state index contributed by atoms with van der Waals surface area (Å²) in [5.41, 5.74) is 2.79. The van der Waals surface area contributed by atoms with Crippen LogP contribution >= 0.6 is 0 Å². The molecule has 0 bridgehead atoms. The predicted molar refractivity (Wildman–Crippen MR) is 76.2 cm³/mol. The van der Waals surface area contributed by atoms with Gasteiger partial charge in [-0.05, 0) is 23.6 Å². The number of fused-ring (bicyclic) bond motifs is 1. The molecule has 1 N–H and O–H groups in total. The Morgan fingerprint density at radius 1 is 1.33 bits per heavy atom. The first-order valence-electron chi connectivity index (χ1n) is 7.22. The van der Waals surface area contributed by atoms with Crippen LogP contribution in [0.1, 0.15) is 57.2 Å². The van der Waals surface area contributed by atoms with Crippen LogP contribution in [0, 0.1) is 0 Å². The molecule has 0 saturated heterocycles.